The molecular weight excluding hydrogens is 256 g/mol. The second-order valence-electron chi connectivity index (χ2n) is 3.94. The number of amides is 1. The molecule has 1 amide bonds. The molecule has 3 aromatic rings. The number of hydrogen-bond donors (Lipinski definition) is 1. The Kier molecular flexibility index (Phi) is 3.15. The second-order valence-corrected chi connectivity index (χ2v) is 3.94. The maximum absolute atomic E-state index is 12.1. The first kappa shape index (κ1) is 12.0. The van der Waals surface area contributed by atoms with Crippen LogP contribution in [-0.2, 0) is 0 Å². The molecule has 2 heterocycles. The first-order valence-corrected chi connectivity index (χ1v) is 5.87. The average molecular weight is 266 g/mol. The highest BCUT2D eigenvalue weighted by molar-refractivity contribution is 6.04. The van der Waals surface area contributed by atoms with Crippen molar-refractivity contribution in [1.29, 1.82) is 0 Å². The molecule has 1 aromatic carbocycles. The third-order valence-electron chi connectivity index (χ3n) is 2.60. The summed E-state index contributed by atoms with van der Waals surface area (Å²) in [5.41, 5.74) is 1.26. The van der Waals surface area contributed by atoms with Gasteiger partial charge in [-0.25, -0.2) is 9.67 Å². The maximum Gasteiger partial charge on any atom is 0.256 e. The SMILES string of the molecule is O=C(Nc1cnccn1)c1cccc(-n2ccnn2)c1. The number of carbonyl (C=O) groups excluding carboxylic acids is 1. The van der Waals surface area contributed by atoms with Crippen LogP contribution in [0.25, 0.3) is 5.69 Å². The van der Waals surface area contributed by atoms with E-state index < -0.39 is 0 Å². The lowest BCUT2D eigenvalue weighted by atomic mass is 10.2. The molecule has 2 aromatic heterocycles. The van der Waals surface area contributed by atoms with Crippen LogP contribution in [0.2, 0.25) is 0 Å². The lowest BCUT2D eigenvalue weighted by Crippen LogP contribution is -2.13. The smallest absolute Gasteiger partial charge is 0.256 e. The number of aromatic nitrogens is 5. The Hall–Kier alpha value is -3.09. The van der Waals surface area contributed by atoms with E-state index >= 15 is 0 Å². The van der Waals surface area contributed by atoms with E-state index in [4.69, 9.17) is 0 Å². The number of rotatable bonds is 3. The number of anilines is 1. The first-order chi connectivity index (χ1) is 9.83. The zero-order valence-electron chi connectivity index (χ0n) is 10.3. The minimum Gasteiger partial charge on any atom is -0.305 e. The van der Waals surface area contributed by atoms with Crippen molar-refractivity contribution in [3.8, 4) is 5.69 Å². The predicted octanol–water partition coefficient (Wildman–Crippen LogP) is 1.31. The van der Waals surface area contributed by atoms with Gasteiger partial charge in [0.05, 0.1) is 24.3 Å². The monoisotopic (exact) mass is 266 g/mol. The van der Waals surface area contributed by atoms with E-state index in [1.165, 1.54) is 12.4 Å². The fourth-order valence-corrected chi connectivity index (χ4v) is 1.69. The van der Waals surface area contributed by atoms with Gasteiger partial charge in [-0.3, -0.25) is 9.78 Å². The summed E-state index contributed by atoms with van der Waals surface area (Å²) < 4.78 is 1.58. The van der Waals surface area contributed by atoms with Gasteiger partial charge < -0.3 is 5.32 Å². The largest absolute Gasteiger partial charge is 0.305 e. The second kappa shape index (κ2) is 5.27. The standard InChI is InChI=1S/C13H10N6O/c20-13(17-12-9-14-4-5-15-12)10-2-1-3-11(8-10)19-7-6-16-18-19/h1-9H,(H,15,17,20). The van der Waals surface area contributed by atoms with Crippen LogP contribution in [0, 0.1) is 0 Å². The minimum absolute atomic E-state index is 0.257. The highest BCUT2D eigenvalue weighted by Crippen LogP contribution is 2.10. The lowest BCUT2D eigenvalue weighted by molar-refractivity contribution is 0.102. The van der Waals surface area contributed by atoms with Crippen molar-refractivity contribution in [3.63, 3.8) is 0 Å². The third-order valence-corrected chi connectivity index (χ3v) is 2.60. The quantitative estimate of drug-likeness (QED) is 0.772. The van der Waals surface area contributed by atoms with E-state index in [0.29, 0.717) is 11.4 Å². The molecule has 0 aliphatic rings. The Balaban J connectivity index is 1.84. The van der Waals surface area contributed by atoms with Gasteiger partial charge in [0.25, 0.3) is 5.91 Å². The molecule has 20 heavy (non-hydrogen) atoms. The summed E-state index contributed by atoms with van der Waals surface area (Å²) in [7, 11) is 0. The molecule has 0 atom stereocenters. The van der Waals surface area contributed by atoms with Gasteiger partial charge in [0.1, 0.15) is 0 Å². The Morgan fingerprint density at radius 1 is 1.20 bits per heavy atom. The van der Waals surface area contributed by atoms with E-state index in [2.05, 4.69) is 25.6 Å². The molecule has 0 aliphatic carbocycles. The molecule has 0 spiro atoms. The Labute approximate surface area is 114 Å². The van der Waals surface area contributed by atoms with Crippen LogP contribution in [0.5, 0.6) is 0 Å². The van der Waals surface area contributed by atoms with Crippen LogP contribution in [-0.4, -0.2) is 30.9 Å². The average Bonchev–Trinajstić information content (AvgIpc) is 3.03. The van der Waals surface area contributed by atoms with Gasteiger partial charge in [0.15, 0.2) is 5.82 Å². The van der Waals surface area contributed by atoms with Gasteiger partial charge in [-0.2, -0.15) is 0 Å². The normalized spacial score (nSPS) is 10.2. The van der Waals surface area contributed by atoms with Crippen molar-refractivity contribution in [3.05, 3.63) is 60.8 Å². The summed E-state index contributed by atoms with van der Waals surface area (Å²) in [5.74, 6) is 0.149. The molecule has 0 saturated heterocycles. The number of nitrogens with zero attached hydrogens (tertiary/aromatic N) is 5. The van der Waals surface area contributed by atoms with Gasteiger partial charge in [-0.05, 0) is 18.2 Å². The molecule has 98 valence electrons. The molecule has 7 nitrogen and oxygen atoms in total. The van der Waals surface area contributed by atoms with Crippen LogP contribution in [0.1, 0.15) is 10.4 Å². The Bertz CT molecular complexity index is 711. The number of benzene rings is 1. The molecular formula is C13H10N6O. The maximum atomic E-state index is 12.1. The van der Waals surface area contributed by atoms with Crippen LogP contribution in [0.4, 0.5) is 5.82 Å². The lowest BCUT2D eigenvalue weighted by Gasteiger charge is -2.05. The number of hydrogen-bond acceptors (Lipinski definition) is 5. The van der Waals surface area contributed by atoms with Crippen LogP contribution >= 0.6 is 0 Å². The van der Waals surface area contributed by atoms with Crippen LogP contribution in [0.3, 0.4) is 0 Å². The first-order valence-electron chi connectivity index (χ1n) is 5.87. The fourth-order valence-electron chi connectivity index (χ4n) is 1.69. The van der Waals surface area contributed by atoms with Crippen LogP contribution in [0.15, 0.2) is 55.2 Å². The van der Waals surface area contributed by atoms with Gasteiger partial charge in [0.2, 0.25) is 0 Å². The highest BCUT2D eigenvalue weighted by atomic mass is 16.1. The van der Waals surface area contributed by atoms with Gasteiger partial charge >= 0.3 is 0 Å². The molecule has 0 aliphatic heterocycles. The fraction of sp³-hybridized carbons (Fsp3) is 0. The molecule has 3 rings (SSSR count). The van der Waals surface area contributed by atoms with Crippen molar-refractivity contribution < 1.29 is 4.79 Å². The topological polar surface area (TPSA) is 85.6 Å². The van der Waals surface area contributed by atoms with Gasteiger partial charge in [0, 0.05) is 18.0 Å². The van der Waals surface area contributed by atoms with E-state index in [-0.39, 0.29) is 5.91 Å². The molecule has 0 bridgehead atoms. The molecule has 0 fully saturated rings. The highest BCUT2D eigenvalue weighted by Gasteiger charge is 2.08. The molecule has 0 unspecified atom stereocenters. The van der Waals surface area contributed by atoms with E-state index in [1.807, 2.05) is 6.07 Å². The summed E-state index contributed by atoms with van der Waals surface area (Å²) in [5, 5.41) is 10.3. The van der Waals surface area contributed by atoms with Crippen molar-refractivity contribution in [2.75, 3.05) is 5.32 Å². The number of nitrogens with one attached hydrogen (secondary N) is 1. The summed E-state index contributed by atoms with van der Waals surface area (Å²) in [4.78, 5) is 20.0. The molecule has 0 saturated carbocycles. The molecule has 1 N–H and O–H groups in total. The van der Waals surface area contributed by atoms with Crippen molar-refractivity contribution >= 4 is 11.7 Å². The van der Waals surface area contributed by atoms with E-state index in [1.54, 1.807) is 41.5 Å². The van der Waals surface area contributed by atoms with Crippen molar-refractivity contribution in [2.24, 2.45) is 0 Å². The minimum atomic E-state index is -0.257. The zero-order valence-corrected chi connectivity index (χ0v) is 10.3. The summed E-state index contributed by atoms with van der Waals surface area (Å²) in [6.07, 6.45) is 7.83. The van der Waals surface area contributed by atoms with E-state index in [9.17, 15) is 4.79 Å². The van der Waals surface area contributed by atoms with Crippen molar-refractivity contribution in [1.82, 2.24) is 25.0 Å². The summed E-state index contributed by atoms with van der Waals surface area (Å²) in [6, 6.07) is 7.06. The summed E-state index contributed by atoms with van der Waals surface area (Å²) >= 11 is 0. The van der Waals surface area contributed by atoms with Gasteiger partial charge in [-0.1, -0.05) is 11.3 Å². The summed E-state index contributed by atoms with van der Waals surface area (Å²) in [6.45, 7) is 0. The molecule has 0 radical (unpaired) electrons. The zero-order chi connectivity index (χ0) is 13.8. The Morgan fingerprint density at radius 2 is 2.15 bits per heavy atom. The predicted molar refractivity (Wildman–Crippen MR) is 71.3 cm³/mol. The Morgan fingerprint density at radius 3 is 2.90 bits per heavy atom. The van der Waals surface area contributed by atoms with E-state index in [0.717, 1.165) is 5.69 Å². The third kappa shape index (κ3) is 2.51. The van der Waals surface area contributed by atoms with Crippen LogP contribution < -0.4 is 5.32 Å². The molecule has 7 heteroatoms. The van der Waals surface area contributed by atoms with Crippen molar-refractivity contribution in [2.45, 2.75) is 0 Å². The number of carbonyl (C=O) groups is 1. The van der Waals surface area contributed by atoms with Gasteiger partial charge in [-0.15, -0.1) is 5.10 Å².